The van der Waals surface area contributed by atoms with E-state index in [0.29, 0.717) is 38.8 Å². The van der Waals surface area contributed by atoms with Crippen LogP contribution < -0.4 is 10.6 Å². The van der Waals surface area contributed by atoms with Crippen LogP contribution in [0.15, 0.2) is 54.6 Å². The molecule has 0 aromatic heterocycles. The van der Waals surface area contributed by atoms with Crippen LogP contribution in [0.3, 0.4) is 0 Å². The lowest BCUT2D eigenvalue weighted by atomic mass is 9.93. The van der Waals surface area contributed by atoms with Gasteiger partial charge in [-0.25, -0.2) is 4.79 Å². The van der Waals surface area contributed by atoms with Gasteiger partial charge in [0, 0.05) is 53.3 Å². The van der Waals surface area contributed by atoms with Gasteiger partial charge in [0.25, 0.3) is 11.8 Å². The summed E-state index contributed by atoms with van der Waals surface area (Å²) in [5.41, 5.74) is 2.61. The Bertz CT molecular complexity index is 1250. The number of hydrogen-bond donors (Lipinski definition) is 2. The maximum Gasteiger partial charge on any atom is 0.337 e. The highest BCUT2D eigenvalue weighted by Gasteiger charge is 2.33. The third-order valence-corrected chi connectivity index (χ3v) is 5.26. The molecule has 3 aromatic rings. The van der Waals surface area contributed by atoms with Crippen molar-refractivity contribution in [3.8, 4) is 0 Å². The van der Waals surface area contributed by atoms with Gasteiger partial charge in [0.2, 0.25) is 5.91 Å². The Morgan fingerprint density at radius 2 is 1.69 bits per heavy atom. The Labute approximate surface area is 184 Å². The highest BCUT2D eigenvalue weighted by Crippen LogP contribution is 2.35. The Hall–Kier alpha value is -4.20. The van der Waals surface area contributed by atoms with Gasteiger partial charge in [0.05, 0.1) is 12.7 Å². The van der Waals surface area contributed by atoms with E-state index in [-0.39, 0.29) is 19.0 Å². The van der Waals surface area contributed by atoms with Gasteiger partial charge in [0.15, 0.2) is 0 Å². The van der Waals surface area contributed by atoms with Crippen molar-refractivity contribution in [1.82, 2.24) is 10.2 Å². The van der Waals surface area contributed by atoms with E-state index in [2.05, 4.69) is 10.6 Å². The summed E-state index contributed by atoms with van der Waals surface area (Å²) in [6.45, 7) is 1.66. The summed E-state index contributed by atoms with van der Waals surface area (Å²) in [5.74, 6) is -1.47. The number of anilines is 2. The molecule has 1 heterocycles. The minimum atomic E-state index is -0.443. The van der Waals surface area contributed by atoms with Crippen molar-refractivity contribution < 1.29 is 23.9 Å². The van der Waals surface area contributed by atoms with Crippen LogP contribution in [0.25, 0.3) is 10.8 Å². The van der Waals surface area contributed by atoms with E-state index >= 15 is 0 Å². The number of imide groups is 1. The lowest BCUT2D eigenvalue weighted by molar-refractivity contribution is -0.119. The fraction of sp³-hybridized carbons (Fsp3) is 0.167. The summed E-state index contributed by atoms with van der Waals surface area (Å²) in [4.78, 5) is 50.2. The topological polar surface area (TPSA) is 105 Å². The Morgan fingerprint density at radius 3 is 2.41 bits per heavy atom. The second kappa shape index (κ2) is 8.50. The van der Waals surface area contributed by atoms with Crippen molar-refractivity contribution in [2.45, 2.75) is 6.92 Å². The quantitative estimate of drug-likeness (QED) is 0.459. The van der Waals surface area contributed by atoms with Crippen molar-refractivity contribution in [2.75, 3.05) is 25.5 Å². The summed E-state index contributed by atoms with van der Waals surface area (Å²) in [7, 11) is 1.32. The second-order valence-corrected chi connectivity index (χ2v) is 7.33. The van der Waals surface area contributed by atoms with E-state index in [1.54, 1.807) is 42.5 Å². The molecule has 0 saturated carbocycles. The molecule has 0 bridgehead atoms. The Morgan fingerprint density at radius 1 is 0.969 bits per heavy atom. The van der Waals surface area contributed by atoms with Gasteiger partial charge in [-0.05, 0) is 36.4 Å². The fourth-order valence-electron chi connectivity index (χ4n) is 3.80. The first-order chi connectivity index (χ1) is 15.4. The molecule has 0 radical (unpaired) electrons. The predicted octanol–water partition coefficient (Wildman–Crippen LogP) is 3.10. The number of nitrogens with one attached hydrogen (secondary N) is 2. The normalized spacial score (nSPS) is 12.6. The lowest BCUT2D eigenvalue weighted by Gasteiger charge is -2.28. The van der Waals surface area contributed by atoms with Gasteiger partial charge in [0.1, 0.15) is 0 Å². The van der Waals surface area contributed by atoms with Crippen LogP contribution in [0.2, 0.25) is 0 Å². The van der Waals surface area contributed by atoms with Crippen molar-refractivity contribution in [3.05, 3.63) is 71.3 Å². The first-order valence-electron chi connectivity index (χ1n) is 10.0. The van der Waals surface area contributed by atoms with Crippen LogP contribution in [-0.2, 0) is 9.53 Å². The first kappa shape index (κ1) is 21.0. The summed E-state index contributed by atoms with van der Waals surface area (Å²) in [6.07, 6.45) is 0. The molecule has 0 fully saturated rings. The van der Waals surface area contributed by atoms with E-state index < -0.39 is 17.8 Å². The van der Waals surface area contributed by atoms with E-state index in [1.807, 2.05) is 12.1 Å². The number of carbonyl (C=O) groups is 4. The second-order valence-electron chi connectivity index (χ2n) is 7.33. The number of ether oxygens (including phenoxy) is 1. The molecule has 1 aliphatic heterocycles. The molecule has 8 nitrogen and oxygen atoms in total. The minimum absolute atomic E-state index is 0.0907. The molecular weight excluding hydrogens is 410 g/mol. The molecule has 1 aliphatic rings. The van der Waals surface area contributed by atoms with Crippen molar-refractivity contribution in [2.24, 2.45) is 0 Å². The molecule has 0 atom stereocenters. The zero-order valence-corrected chi connectivity index (χ0v) is 17.6. The molecular formula is C24H21N3O5. The number of nitrogens with zero attached hydrogens (tertiary/aromatic N) is 1. The zero-order valence-electron chi connectivity index (χ0n) is 17.6. The summed E-state index contributed by atoms with van der Waals surface area (Å²) < 4.78 is 4.77. The van der Waals surface area contributed by atoms with Crippen LogP contribution in [0.4, 0.5) is 11.4 Å². The van der Waals surface area contributed by atoms with Gasteiger partial charge in [-0.3, -0.25) is 19.3 Å². The predicted molar refractivity (Wildman–Crippen MR) is 119 cm³/mol. The van der Waals surface area contributed by atoms with Crippen molar-refractivity contribution in [1.29, 1.82) is 0 Å². The molecule has 32 heavy (non-hydrogen) atoms. The summed E-state index contributed by atoms with van der Waals surface area (Å²) >= 11 is 0. The number of carbonyl (C=O) groups excluding carboxylic acids is 4. The lowest BCUT2D eigenvalue weighted by Crippen LogP contribution is -2.44. The molecule has 0 aliphatic carbocycles. The monoisotopic (exact) mass is 431 g/mol. The molecule has 4 rings (SSSR count). The van der Waals surface area contributed by atoms with Crippen LogP contribution in [0, 0.1) is 0 Å². The SMILES string of the molecule is COC(=O)c1cccc(Nc2ccc3c4c(cccc24)C(=O)N(CCNC(C)=O)C3=O)c1. The molecule has 3 aromatic carbocycles. The highest BCUT2D eigenvalue weighted by atomic mass is 16.5. The summed E-state index contributed by atoms with van der Waals surface area (Å²) in [6, 6.07) is 15.6. The number of esters is 1. The van der Waals surface area contributed by atoms with E-state index in [1.165, 1.54) is 14.0 Å². The minimum Gasteiger partial charge on any atom is -0.465 e. The number of rotatable bonds is 6. The average Bonchev–Trinajstić information content (AvgIpc) is 2.79. The standard InChI is InChI=1S/C24H21N3O5/c1-14(28)25-11-12-27-22(29)18-8-4-7-17-20(10-9-19(21(17)18)23(27)30)26-16-6-3-5-15(13-16)24(31)32-2/h3-10,13,26H,11-12H2,1-2H3,(H,25,28). The molecule has 0 saturated heterocycles. The molecule has 0 spiro atoms. The fourth-order valence-corrected chi connectivity index (χ4v) is 3.80. The third-order valence-electron chi connectivity index (χ3n) is 5.26. The third kappa shape index (κ3) is 3.78. The Balaban J connectivity index is 1.71. The van der Waals surface area contributed by atoms with Gasteiger partial charge in [-0.1, -0.05) is 18.2 Å². The molecule has 3 amide bonds. The van der Waals surface area contributed by atoms with Crippen LogP contribution in [0.5, 0.6) is 0 Å². The van der Waals surface area contributed by atoms with E-state index in [9.17, 15) is 19.2 Å². The van der Waals surface area contributed by atoms with Gasteiger partial charge >= 0.3 is 5.97 Å². The smallest absolute Gasteiger partial charge is 0.337 e. The van der Waals surface area contributed by atoms with Crippen LogP contribution in [-0.4, -0.2) is 48.8 Å². The maximum absolute atomic E-state index is 13.0. The molecule has 2 N–H and O–H groups in total. The number of hydrogen-bond acceptors (Lipinski definition) is 6. The van der Waals surface area contributed by atoms with Gasteiger partial charge in [-0.15, -0.1) is 0 Å². The van der Waals surface area contributed by atoms with Crippen LogP contribution in [0.1, 0.15) is 38.0 Å². The number of benzene rings is 3. The highest BCUT2D eigenvalue weighted by molar-refractivity contribution is 6.26. The largest absolute Gasteiger partial charge is 0.465 e. The maximum atomic E-state index is 13.0. The number of methoxy groups -OCH3 is 1. The van der Waals surface area contributed by atoms with Gasteiger partial charge < -0.3 is 15.4 Å². The first-order valence-corrected chi connectivity index (χ1v) is 10.0. The van der Waals surface area contributed by atoms with Crippen molar-refractivity contribution in [3.63, 3.8) is 0 Å². The van der Waals surface area contributed by atoms with Gasteiger partial charge in [-0.2, -0.15) is 0 Å². The molecule has 8 heteroatoms. The van der Waals surface area contributed by atoms with E-state index in [4.69, 9.17) is 4.74 Å². The number of amides is 3. The van der Waals surface area contributed by atoms with Crippen LogP contribution >= 0.6 is 0 Å². The zero-order chi connectivity index (χ0) is 22.8. The summed E-state index contributed by atoms with van der Waals surface area (Å²) in [5, 5.41) is 7.16. The average molecular weight is 431 g/mol. The Kier molecular flexibility index (Phi) is 5.59. The van der Waals surface area contributed by atoms with Crippen molar-refractivity contribution >= 4 is 45.8 Å². The molecule has 0 unspecified atom stereocenters. The molecule has 162 valence electrons. The van der Waals surface area contributed by atoms with E-state index in [0.717, 1.165) is 4.90 Å².